The van der Waals surface area contributed by atoms with E-state index >= 15 is 0 Å². The lowest BCUT2D eigenvalue weighted by atomic mass is 10.2. The fourth-order valence-corrected chi connectivity index (χ4v) is 1.86. The zero-order valence-electron chi connectivity index (χ0n) is 8.59. The van der Waals surface area contributed by atoms with Gasteiger partial charge in [-0.15, -0.1) is 13.2 Å². The molecule has 1 N–H and O–H groups in total. The molecule has 0 spiro atoms. The number of carboxylic acid groups (broad SMARTS) is 1. The molecule has 9 heteroatoms. The van der Waals surface area contributed by atoms with Crippen LogP contribution in [0.5, 0.6) is 5.88 Å². The third kappa shape index (κ3) is 4.27. The number of ether oxygens (including phenoxy) is 1. The first-order valence-electron chi connectivity index (χ1n) is 4.44. The van der Waals surface area contributed by atoms with E-state index in [-0.39, 0.29) is 14.8 Å². The van der Waals surface area contributed by atoms with Crippen LogP contribution < -0.4 is 4.74 Å². The van der Waals surface area contributed by atoms with Crippen molar-refractivity contribution in [2.75, 3.05) is 0 Å². The fourth-order valence-electron chi connectivity index (χ4n) is 1.13. The summed E-state index contributed by atoms with van der Waals surface area (Å²) >= 11 is 1.59. The predicted octanol–water partition coefficient (Wildman–Crippen LogP) is 2.68. The second kappa shape index (κ2) is 5.67. The molecule has 0 saturated heterocycles. The Kier molecular flexibility index (Phi) is 4.71. The van der Waals surface area contributed by atoms with Crippen LogP contribution in [0.4, 0.5) is 17.6 Å². The Hall–Kier alpha value is -1.13. The van der Waals surface area contributed by atoms with E-state index in [1.54, 1.807) is 22.6 Å². The molecule has 18 heavy (non-hydrogen) atoms. The van der Waals surface area contributed by atoms with Crippen molar-refractivity contribution in [1.29, 1.82) is 0 Å². The molecule has 4 nitrogen and oxygen atoms in total. The Morgan fingerprint density at radius 3 is 2.56 bits per heavy atom. The van der Waals surface area contributed by atoms with Gasteiger partial charge in [-0.05, 0) is 28.7 Å². The van der Waals surface area contributed by atoms with E-state index in [0.717, 1.165) is 0 Å². The van der Waals surface area contributed by atoms with Crippen molar-refractivity contribution in [3.8, 4) is 5.88 Å². The average Bonchev–Trinajstić information content (AvgIpc) is 2.13. The largest absolute Gasteiger partial charge is 0.574 e. The lowest BCUT2D eigenvalue weighted by Gasteiger charge is -2.13. The van der Waals surface area contributed by atoms with Gasteiger partial charge in [-0.25, -0.2) is 9.37 Å². The molecule has 0 atom stereocenters. The summed E-state index contributed by atoms with van der Waals surface area (Å²) in [5, 5.41) is 8.53. The SMILES string of the molecule is O=C(O)Cc1cc(I)c(CF)c(OC(F)(F)F)n1. The van der Waals surface area contributed by atoms with Gasteiger partial charge in [0.1, 0.15) is 6.67 Å². The van der Waals surface area contributed by atoms with Gasteiger partial charge in [0, 0.05) is 3.57 Å². The molecule has 1 heterocycles. The molecule has 0 fully saturated rings. The minimum absolute atomic E-state index is 0.126. The van der Waals surface area contributed by atoms with Crippen LogP contribution in [0.25, 0.3) is 0 Å². The number of pyridine rings is 1. The molecule has 0 aliphatic rings. The van der Waals surface area contributed by atoms with Crippen LogP contribution in [-0.4, -0.2) is 22.4 Å². The number of nitrogens with zero attached hydrogens (tertiary/aromatic N) is 1. The van der Waals surface area contributed by atoms with Crippen molar-refractivity contribution in [2.24, 2.45) is 0 Å². The highest BCUT2D eigenvalue weighted by Crippen LogP contribution is 2.29. The second-order valence-corrected chi connectivity index (χ2v) is 4.29. The molecule has 0 radical (unpaired) electrons. The van der Waals surface area contributed by atoms with Crippen molar-refractivity contribution < 1.29 is 32.2 Å². The highest BCUT2D eigenvalue weighted by molar-refractivity contribution is 14.1. The number of carbonyl (C=O) groups is 1. The van der Waals surface area contributed by atoms with Crippen molar-refractivity contribution in [3.05, 3.63) is 20.9 Å². The van der Waals surface area contributed by atoms with Gasteiger partial charge in [0.25, 0.3) is 0 Å². The second-order valence-electron chi connectivity index (χ2n) is 3.13. The third-order valence-corrected chi connectivity index (χ3v) is 2.73. The van der Waals surface area contributed by atoms with Crippen molar-refractivity contribution in [3.63, 3.8) is 0 Å². The molecule has 0 aliphatic heterocycles. The normalized spacial score (nSPS) is 11.4. The molecule has 0 aromatic carbocycles. The maximum absolute atomic E-state index is 12.6. The molecular weight excluding hydrogens is 373 g/mol. The number of halogens is 5. The summed E-state index contributed by atoms with van der Waals surface area (Å²) in [4.78, 5) is 13.8. The minimum Gasteiger partial charge on any atom is -0.481 e. The summed E-state index contributed by atoms with van der Waals surface area (Å²) in [5.41, 5.74) is -0.495. The standard InChI is InChI=1S/C9H6F4INO3/c10-3-5-6(14)1-4(2-7(16)17)15-8(5)18-9(11,12)13/h1H,2-3H2,(H,16,17). The predicted molar refractivity (Wildman–Crippen MR) is 59.8 cm³/mol. The zero-order chi connectivity index (χ0) is 13.9. The van der Waals surface area contributed by atoms with Crippen LogP contribution in [0.3, 0.4) is 0 Å². The molecule has 0 amide bonds. The first-order chi connectivity index (χ1) is 8.23. The smallest absolute Gasteiger partial charge is 0.481 e. The van der Waals surface area contributed by atoms with Gasteiger partial charge in [-0.2, -0.15) is 0 Å². The molecule has 0 saturated carbocycles. The van der Waals surface area contributed by atoms with Crippen LogP contribution in [0.1, 0.15) is 11.3 Å². The number of rotatable bonds is 4. The Balaban J connectivity index is 3.19. The lowest BCUT2D eigenvalue weighted by molar-refractivity contribution is -0.276. The van der Waals surface area contributed by atoms with Crippen molar-refractivity contribution in [2.45, 2.75) is 19.5 Å². The number of alkyl halides is 4. The summed E-state index contributed by atoms with van der Waals surface area (Å²) in [6.45, 7) is -1.19. The quantitative estimate of drug-likeness (QED) is 0.646. The number of hydrogen-bond acceptors (Lipinski definition) is 3. The van der Waals surface area contributed by atoms with Gasteiger partial charge in [-0.3, -0.25) is 4.79 Å². The number of aromatic nitrogens is 1. The van der Waals surface area contributed by atoms with Crippen LogP contribution >= 0.6 is 22.6 Å². The van der Waals surface area contributed by atoms with Crippen molar-refractivity contribution >= 4 is 28.6 Å². The van der Waals surface area contributed by atoms with Crippen LogP contribution in [-0.2, 0) is 17.9 Å². The molecule has 100 valence electrons. The van der Waals surface area contributed by atoms with E-state index in [1.165, 1.54) is 6.07 Å². The minimum atomic E-state index is -5.01. The monoisotopic (exact) mass is 379 g/mol. The van der Waals surface area contributed by atoms with E-state index in [2.05, 4.69) is 9.72 Å². The summed E-state index contributed by atoms with van der Waals surface area (Å²) in [6.07, 6.45) is -5.58. The van der Waals surface area contributed by atoms with Gasteiger partial charge in [-0.1, -0.05) is 0 Å². The van der Waals surface area contributed by atoms with Gasteiger partial charge in [0.05, 0.1) is 17.7 Å². The van der Waals surface area contributed by atoms with E-state index in [9.17, 15) is 22.4 Å². The van der Waals surface area contributed by atoms with Crippen LogP contribution in [0, 0.1) is 3.57 Å². The Morgan fingerprint density at radius 2 is 2.11 bits per heavy atom. The first kappa shape index (κ1) is 14.9. The van der Waals surface area contributed by atoms with Crippen molar-refractivity contribution in [1.82, 2.24) is 4.98 Å². The number of hydrogen-bond donors (Lipinski definition) is 1. The third-order valence-electron chi connectivity index (χ3n) is 1.76. The van der Waals surface area contributed by atoms with E-state index in [0.29, 0.717) is 0 Å². The molecule has 0 bridgehead atoms. The molecule has 1 rings (SSSR count). The zero-order valence-corrected chi connectivity index (χ0v) is 10.7. The molecule has 0 aliphatic carbocycles. The van der Waals surface area contributed by atoms with E-state index < -0.39 is 31.3 Å². The fraction of sp³-hybridized carbons (Fsp3) is 0.333. The molecule has 0 unspecified atom stereocenters. The van der Waals surface area contributed by atoms with Gasteiger partial charge in [0.2, 0.25) is 5.88 Å². The molecular formula is C9H6F4INO3. The average molecular weight is 379 g/mol. The summed E-state index contributed by atoms with van der Waals surface area (Å²) in [5.74, 6) is -2.21. The molecule has 1 aromatic rings. The van der Waals surface area contributed by atoms with E-state index in [4.69, 9.17) is 5.11 Å². The first-order valence-corrected chi connectivity index (χ1v) is 5.52. The molecule has 1 aromatic heterocycles. The Bertz CT molecular complexity index is 464. The van der Waals surface area contributed by atoms with Gasteiger partial charge < -0.3 is 9.84 Å². The lowest BCUT2D eigenvalue weighted by Crippen LogP contribution is -2.20. The summed E-state index contributed by atoms with van der Waals surface area (Å²) < 4.78 is 52.6. The maximum atomic E-state index is 12.6. The maximum Gasteiger partial charge on any atom is 0.574 e. The number of aliphatic carboxylic acids is 1. The van der Waals surface area contributed by atoms with Gasteiger partial charge >= 0.3 is 12.3 Å². The Morgan fingerprint density at radius 1 is 1.50 bits per heavy atom. The number of carboxylic acids is 1. The highest BCUT2D eigenvalue weighted by atomic mass is 127. The van der Waals surface area contributed by atoms with Crippen LogP contribution in [0.2, 0.25) is 0 Å². The summed E-state index contributed by atoms with van der Waals surface area (Å²) in [6, 6.07) is 1.20. The topological polar surface area (TPSA) is 59.4 Å². The van der Waals surface area contributed by atoms with Crippen LogP contribution in [0.15, 0.2) is 6.07 Å². The van der Waals surface area contributed by atoms with Gasteiger partial charge in [0.15, 0.2) is 0 Å². The highest BCUT2D eigenvalue weighted by Gasteiger charge is 2.33. The Labute approximate surface area is 112 Å². The summed E-state index contributed by atoms with van der Waals surface area (Å²) in [7, 11) is 0. The van der Waals surface area contributed by atoms with E-state index in [1.807, 2.05) is 0 Å².